The number of methoxy groups -OCH3 is 1. The van der Waals surface area contributed by atoms with Crippen molar-refractivity contribution >= 4 is 5.97 Å². The molecule has 7 heteroatoms. The Morgan fingerprint density at radius 2 is 1.67 bits per heavy atom. The van der Waals surface area contributed by atoms with Gasteiger partial charge in [0.15, 0.2) is 0 Å². The van der Waals surface area contributed by atoms with Gasteiger partial charge >= 0.3 is 5.97 Å². The van der Waals surface area contributed by atoms with Gasteiger partial charge in [-0.2, -0.15) is 0 Å². The number of carbonyl (C=O) groups excluding carboxylic acids is 1. The molecule has 0 aromatic carbocycles. The Labute approximate surface area is 108 Å². The third kappa shape index (κ3) is 13.3. The second kappa shape index (κ2) is 12.7. The van der Waals surface area contributed by atoms with Crippen LogP contribution in [-0.4, -0.2) is 58.9 Å². The van der Waals surface area contributed by atoms with Gasteiger partial charge in [-0.25, -0.2) is 0 Å². The number of carbonyl (C=O) groups is 1. The average molecular weight is 264 g/mol. The third-order valence-corrected chi connectivity index (χ3v) is 1.91. The lowest BCUT2D eigenvalue weighted by Gasteiger charge is -2.07. The molecule has 0 aromatic heterocycles. The van der Waals surface area contributed by atoms with Crippen molar-refractivity contribution in [1.82, 2.24) is 0 Å². The van der Waals surface area contributed by atoms with Crippen molar-refractivity contribution < 1.29 is 23.7 Å². The summed E-state index contributed by atoms with van der Waals surface area (Å²) in [5.41, 5.74) is 10.5. The van der Waals surface area contributed by atoms with Gasteiger partial charge in [0.1, 0.15) is 6.61 Å². The van der Waals surface area contributed by atoms with Gasteiger partial charge < -0.3 is 30.4 Å². The quantitative estimate of drug-likeness (QED) is 0.271. The van der Waals surface area contributed by atoms with Gasteiger partial charge in [-0.1, -0.05) is 0 Å². The van der Waals surface area contributed by atoms with Crippen molar-refractivity contribution in [3.8, 4) is 0 Å². The highest BCUT2D eigenvalue weighted by molar-refractivity contribution is 5.69. The van der Waals surface area contributed by atoms with Gasteiger partial charge in [-0.15, -0.1) is 0 Å². The van der Waals surface area contributed by atoms with Crippen LogP contribution in [0.4, 0.5) is 0 Å². The van der Waals surface area contributed by atoms with Crippen LogP contribution >= 0.6 is 0 Å². The molecule has 0 heterocycles. The van der Waals surface area contributed by atoms with E-state index in [1.54, 1.807) is 7.11 Å². The highest BCUT2D eigenvalue weighted by Gasteiger charge is 2.04. The second-order valence-corrected chi connectivity index (χ2v) is 3.67. The maximum atomic E-state index is 11.1. The van der Waals surface area contributed by atoms with Gasteiger partial charge in [-0.3, -0.25) is 4.79 Å². The van der Waals surface area contributed by atoms with E-state index in [-0.39, 0.29) is 12.6 Å². The van der Waals surface area contributed by atoms with Crippen molar-refractivity contribution in [3.63, 3.8) is 0 Å². The van der Waals surface area contributed by atoms with Crippen LogP contribution in [-0.2, 0) is 23.7 Å². The monoisotopic (exact) mass is 264 g/mol. The summed E-state index contributed by atoms with van der Waals surface area (Å²) in [6.45, 7) is 2.72. The molecule has 0 unspecified atom stereocenters. The Morgan fingerprint density at radius 1 is 1.06 bits per heavy atom. The van der Waals surface area contributed by atoms with Crippen molar-refractivity contribution in [2.45, 2.75) is 19.0 Å². The third-order valence-electron chi connectivity index (χ3n) is 1.91. The predicted octanol–water partition coefficient (Wildman–Crippen LogP) is -0.767. The van der Waals surface area contributed by atoms with E-state index in [0.29, 0.717) is 45.9 Å². The van der Waals surface area contributed by atoms with E-state index in [0.717, 1.165) is 0 Å². The summed E-state index contributed by atoms with van der Waals surface area (Å²) < 4.78 is 20.1. The molecule has 108 valence electrons. The van der Waals surface area contributed by atoms with Crippen LogP contribution in [0.25, 0.3) is 0 Å². The molecule has 4 N–H and O–H groups in total. The van der Waals surface area contributed by atoms with Crippen molar-refractivity contribution in [1.29, 1.82) is 0 Å². The Hall–Kier alpha value is -0.730. The zero-order valence-corrected chi connectivity index (χ0v) is 10.9. The minimum Gasteiger partial charge on any atom is -0.463 e. The second-order valence-electron chi connectivity index (χ2n) is 3.67. The van der Waals surface area contributed by atoms with Crippen LogP contribution in [0.15, 0.2) is 0 Å². The molecule has 0 aliphatic carbocycles. The van der Waals surface area contributed by atoms with Gasteiger partial charge in [0.25, 0.3) is 0 Å². The summed E-state index contributed by atoms with van der Waals surface area (Å²) in [6, 6.07) is 0. The maximum Gasteiger partial charge on any atom is 0.305 e. The molecular weight excluding hydrogens is 240 g/mol. The number of nitrogens with two attached hydrogens (primary N) is 2. The van der Waals surface area contributed by atoms with Gasteiger partial charge in [-0.05, 0) is 6.42 Å². The molecule has 0 bridgehead atoms. The molecule has 0 aromatic rings. The van der Waals surface area contributed by atoms with Crippen LogP contribution in [0.1, 0.15) is 12.8 Å². The molecular formula is C11H24N2O5. The molecule has 0 saturated carbocycles. The fraction of sp³-hybridized carbons (Fsp3) is 0.909. The van der Waals surface area contributed by atoms with E-state index in [4.69, 9.17) is 30.4 Å². The summed E-state index contributed by atoms with van der Waals surface area (Å²) in [4.78, 5) is 11.1. The first-order valence-corrected chi connectivity index (χ1v) is 5.98. The minimum absolute atomic E-state index is 0.0486. The van der Waals surface area contributed by atoms with Crippen LogP contribution in [0.2, 0.25) is 0 Å². The van der Waals surface area contributed by atoms with E-state index < -0.39 is 6.17 Å². The van der Waals surface area contributed by atoms with E-state index in [1.807, 2.05) is 0 Å². The molecule has 0 aliphatic heterocycles. The van der Waals surface area contributed by atoms with Gasteiger partial charge in [0, 0.05) is 20.1 Å². The minimum atomic E-state index is -0.616. The summed E-state index contributed by atoms with van der Waals surface area (Å²) >= 11 is 0. The first kappa shape index (κ1) is 17.3. The van der Waals surface area contributed by atoms with E-state index in [1.165, 1.54) is 0 Å². The van der Waals surface area contributed by atoms with E-state index in [2.05, 4.69) is 0 Å². The summed E-state index contributed by atoms with van der Waals surface area (Å²) in [5, 5.41) is 0. The van der Waals surface area contributed by atoms with Gasteiger partial charge in [0.05, 0.1) is 32.6 Å². The summed E-state index contributed by atoms with van der Waals surface area (Å²) in [6.07, 6.45) is 0.294. The molecule has 0 atom stereocenters. The van der Waals surface area contributed by atoms with Crippen LogP contribution < -0.4 is 11.5 Å². The molecule has 0 rings (SSSR count). The highest BCUT2D eigenvalue weighted by atomic mass is 16.5. The predicted molar refractivity (Wildman–Crippen MR) is 65.9 cm³/mol. The topological polar surface area (TPSA) is 106 Å². The van der Waals surface area contributed by atoms with Crippen molar-refractivity contribution in [2.75, 3.05) is 46.8 Å². The Kier molecular flexibility index (Phi) is 12.2. The van der Waals surface area contributed by atoms with Crippen molar-refractivity contribution in [2.24, 2.45) is 11.5 Å². The standard InChI is InChI=1S/C11H24N2O5/c1-15-5-6-17-8-7-16-4-2-3-11(14)18-9-10(12)13/h10H,2-9,12-13H2,1H3. The molecule has 0 amide bonds. The van der Waals surface area contributed by atoms with E-state index in [9.17, 15) is 4.79 Å². The van der Waals surface area contributed by atoms with Crippen LogP contribution in [0.3, 0.4) is 0 Å². The Bertz CT molecular complexity index is 202. The van der Waals surface area contributed by atoms with Gasteiger partial charge in [0.2, 0.25) is 0 Å². The molecule has 0 spiro atoms. The lowest BCUT2D eigenvalue weighted by Crippen LogP contribution is -2.36. The molecule has 0 saturated heterocycles. The van der Waals surface area contributed by atoms with Crippen LogP contribution in [0, 0.1) is 0 Å². The molecule has 0 radical (unpaired) electrons. The molecule has 0 aliphatic rings. The first-order chi connectivity index (χ1) is 8.66. The number of ether oxygens (including phenoxy) is 4. The number of esters is 1. The SMILES string of the molecule is COCCOCCOCCCC(=O)OCC(N)N. The first-order valence-electron chi connectivity index (χ1n) is 5.98. The zero-order chi connectivity index (χ0) is 13.6. The summed E-state index contributed by atoms with van der Waals surface area (Å²) in [7, 11) is 1.62. The van der Waals surface area contributed by atoms with Crippen molar-refractivity contribution in [3.05, 3.63) is 0 Å². The molecule has 18 heavy (non-hydrogen) atoms. The molecule has 7 nitrogen and oxygen atoms in total. The number of hydrogen-bond acceptors (Lipinski definition) is 7. The Balaban J connectivity index is 3.12. The lowest BCUT2D eigenvalue weighted by molar-refractivity contribution is -0.144. The fourth-order valence-electron chi connectivity index (χ4n) is 1.04. The summed E-state index contributed by atoms with van der Waals surface area (Å²) in [5.74, 6) is -0.309. The average Bonchev–Trinajstić information content (AvgIpc) is 2.34. The highest BCUT2D eigenvalue weighted by Crippen LogP contribution is 1.94. The normalized spacial score (nSPS) is 10.9. The Morgan fingerprint density at radius 3 is 2.28 bits per heavy atom. The zero-order valence-electron chi connectivity index (χ0n) is 10.9. The largest absolute Gasteiger partial charge is 0.463 e. The number of rotatable bonds is 12. The lowest BCUT2D eigenvalue weighted by atomic mass is 10.3. The molecule has 0 fully saturated rings. The van der Waals surface area contributed by atoms with E-state index >= 15 is 0 Å². The van der Waals surface area contributed by atoms with Crippen LogP contribution in [0.5, 0.6) is 0 Å². The maximum absolute atomic E-state index is 11.1. The number of hydrogen-bond donors (Lipinski definition) is 2. The smallest absolute Gasteiger partial charge is 0.305 e. The fourth-order valence-corrected chi connectivity index (χ4v) is 1.04.